The first-order chi connectivity index (χ1) is 15.1. The zero-order valence-corrected chi connectivity index (χ0v) is 17.4. The summed E-state index contributed by atoms with van der Waals surface area (Å²) in [6.45, 7) is 0. The summed E-state index contributed by atoms with van der Waals surface area (Å²) in [5.41, 5.74) is 8.13. The van der Waals surface area contributed by atoms with Crippen molar-refractivity contribution in [1.29, 1.82) is 10.8 Å². The molecule has 0 fully saturated rings. The van der Waals surface area contributed by atoms with Gasteiger partial charge in [-0.25, -0.2) is 11.0 Å². The van der Waals surface area contributed by atoms with Crippen molar-refractivity contribution in [2.24, 2.45) is 0 Å². The first kappa shape index (κ1) is 20.6. The van der Waals surface area contributed by atoms with E-state index in [0.29, 0.717) is 0 Å². The summed E-state index contributed by atoms with van der Waals surface area (Å²) in [5, 5.41) is 17.8. The standard InChI is InChI=1S/C23H24N4O4/c1-28-26-22(24)14-6-8-20-16(10-14)12-18(30-20)4-3-5-19-13-17-11-15(23(25)27-29-2)7-9-21(17)31-19/h6-13H,3-5H2,1-2H3,(H2,24,26)(H2,25,27). The molecule has 8 nitrogen and oxygen atoms in total. The average molecular weight is 420 g/mol. The Kier molecular flexibility index (Phi) is 6.01. The van der Waals surface area contributed by atoms with Gasteiger partial charge in [-0.3, -0.25) is 20.5 Å². The SMILES string of the molecule is CONC(=N)c1ccc2oc(CCCc3cc4cc(C(=N)NOC)ccc4o3)cc2c1. The van der Waals surface area contributed by atoms with Crippen LogP contribution in [0.5, 0.6) is 0 Å². The third-order valence-electron chi connectivity index (χ3n) is 4.97. The van der Waals surface area contributed by atoms with E-state index in [2.05, 4.69) is 11.0 Å². The Bertz CT molecular complexity index is 1150. The third kappa shape index (κ3) is 4.60. The van der Waals surface area contributed by atoms with Gasteiger partial charge >= 0.3 is 0 Å². The summed E-state index contributed by atoms with van der Waals surface area (Å²) in [6, 6.07) is 15.2. The van der Waals surface area contributed by atoms with E-state index in [1.165, 1.54) is 14.2 Å². The Morgan fingerprint density at radius 1 is 0.742 bits per heavy atom. The molecule has 2 heterocycles. The molecule has 4 N–H and O–H groups in total. The molecule has 0 aliphatic carbocycles. The zero-order chi connectivity index (χ0) is 21.8. The fourth-order valence-electron chi connectivity index (χ4n) is 3.51. The Balaban J connectivity index is 1.40. The van der Waals surface area contributed by atoms with Crippen molar-refractivity contribution in [3.05, 3.63) is 71.2 Å². The molecule has 0 aliphatic rings. The van der Waals surface area contributed by atoms with Crippen LogP contribution in [0.3, 0.4) is 0 Å². The molecule has 0 amide bonds. The van der Waals surface area contributed by atoms with E-state index in [0.717, 1.165) is 63.8 Å². The number of hydroxylamine groups is 2. The molecule has 160 valence electrons. The number of benzene rings is 2. The van der Waals surface area contributed by atoms with Crippen LogP contribution in [0.2, 0.25) is 0 Å². The highest BCUT2D eigenvalue weighted by molar-refractivity contribution is 5.99. The van der Waals surface area contributed by atoms with Gasteiger partial charge in [0, 0.05) is 34.7 Å². The lowest BCUT2D eigenvalue weighted by Crippen LogP contribution is -2.21. The largest absolute Gasteiger partial charge is 0.461 e. The Morgan fingerprint density at radius 3 is 1.61 bits per heavy atom. The van der Waals surface area contributed by atoms with Crippen LogP contribution in [-0.4, -0.2) is 25.9 Å². The van der Waals surface area contributed by atoms with Crippen LogP contribution >= 0.6 is 0 Å². The summed E-state index contributed by atoms with van der Waals surface area (Å²) >= 11 is 0. The van der Waals surface area contributed by atoms with Gasteiger partial charge in [0.05, 0.1) is 14.2 Å². The lowest BCUT2D eigenvalue weighted by molar-refractivity contribution is 0.144. The molecule has 2 aromatic carbocycles. The van der Waals surface area contributed by atoms with E-state index >= 15 is 0 Å². The van der Waals surface area contributed by atoms with Crippen LogP contribution in [0.25, 0.3) is 21.9 Å². The Hall–Kier alpha value is -3.62. The summed E-state index contributed by atoms with van der Waals surface area (Å²) < 4.78 is 11.9. The van der Waals surface area contributed by atoms with Gasteiger partial charge in [-0.05, 0) is 55.0 Å². The van der Waals surface area contributed by atoms with Gasteiger partial charge in [0.1, 0.15) is 34.4 Å². The maximum absolute atomic E-state index is 7.92. The number of hydrogen-bond donors (Lipinski definition) is 4. The minimum absolute atomic E-state index is 0.202. The highest BCUT2D eigenvalue weighted by atomic mass is 16.6. The molecular formula is C23H24N4O4. The van der Waals surface area contributed by atoms with Crippen molar-refractivity contribution >= 4 is 33.6 Å². The predicted molar refractivity (Wildman–Crippen MR) is 118 cm³/mol. The van der Waals surface area contributed by atoms with Crippen molar-refractivity contribution in [3.8, 4) is 0 Å². The summed E-state index contributed by atoms with van der Waals surface area (Å²) in [4.78, 5) is 9.59. The maximum atomic E-state index is 7.92. The molecule has 0 saturated carbocycles. The number of rotatable bonds is 8. The second-order valence-corrected chi connectivity index (χ2v) is 7.15. The number of amidine groups is 2. The van der Waals surface area contributed by atoms with E-state index < -0.39 is 0 Å². The first-order valence-corrected chi connectivity index (χ1v) is 9.88. The summed E-state index contributed by atoms with van der Waals surface area (Å²) in [5.74, 6) is 2.20. The van der Waals surface area contributed by atoms with Crippen LogP contribution in [0.1, 0.15) is 29.1 Å². The number of aryl methyl sites for hydroxylation is 2. The number of furan rings is 2. The molecule has 0 atom stereocenters. The van der Waals surface area contributed by atoms with Crippen LogP contribution < -0.4 is 11.0 Å². The van der Waals surface area contributed by atoms with E-state index in [4.69, 9.17) is 29.3 Å². The fourth-order valence-corrected chi connectivity index (χ4v) is 3.51. The van der Waals surface area contributed by atoms with Gasteiger partial charge in [-0.15, -0.1) is 0 Å². The van der Waals surface area contributed by atoms with Crippen LogP contribution in [-0.2, 0) is 22.5 Å². The molecule has 4 rings (SSSR count). The molecule has 0 bridgehead atoms. The van der Waals surface area contributed by atoms with Gasteiger partial charge in [-0.1, -0.05) is 0 Å². The normalized spacial score (nSPS) is 11.2. The molecule has 4 aromatic rings. The molecule has 8 heteroatoms. The highest BCUT2D eigenvalue weighted by Gasteiger charge is 2.10. The summed E-state index contributed by atoms with van der Waals surface area (Å²) in [6.07, 6.45) is 2.44. The lowest BCUT2D eigenvalue weighted by atomic mass is 10.1. The van der Waals surface area contributed by atoms with Gasteiger partial charge in [-0.2, -0.15) is 0 Å². The van der Waals surface area contributed by atoms with Crippen molar-refractivity contribution in [1.82, 2.24) is 11.0 Å². The van der Waals surface area contributed by atoms with Gasteiger partial charge in [0.2, 0.25) is 0 Å². The molecular weight excluding hydrogens is 396 g/mol. The topological polar surface area (TPSA) is 116 Å². The van der Waals surface area contributed by atoms with Gasteiger partial charge < -0.3 is 8.83 Å². The Morgan fingerprint density at radius 2 is 1.19 bits per heavy atom. The zero-order valence-electron chi connectivity index (χ0n) is 17.4. The smallest absolute Gasteiger partial charge is 0.149 e. The molecule has 0 spiro atoms. The Labute approximate surface area is 179 Å². The minimum Gasteiger partial charge on any atom is -0.461 e. The number of hydrogen-bond acceptors (Lipinski definition) is 6. The van der Waals surface area contributed by atoms with Crippen LogP contribution in [0, 0.1) is 10.8 Å². The molecule has 0 aliphatic heterocycles. The van der Waals surface area contributed by atoms with Crippen molar-refractivity contribution in [2.75, 3.05) is 14.2 Å². The maximum Gasteiger partial charge on any atom is 0.149 e. The quantitative estimate of drug-likeness (QED) is 0.192. The van der Waals surface area contributed by atoms with Gasteiger partial charge in [0.25, 0.3) is 0 Å². The highest BCUT2D eigenvalue weighted by Crippen LogP contribution is 2.24. The van der Waals surface area contributed by atoms with Crippen molar-refractivity contribution in [3.63, 3.8) is 0 Å². The molecule has 0 radical (unpaired) electrons. The minimum atomic E-state index is 0.202. The third-order valence-corrected chi connectivity index (χ3v) is 4.97. The lowest BCUT2D eigenvalue weighted by Gasteiger charge is -2.04. The van der Waals surface area contributed by atoms with Crippen molar-refractivity contribution < 1.29 is 18.5 Å². The second kappa shape index (κ2) is 9.03. The van der Waals surface area contributed by atoms with E-state index in [1.54, 1.807) is 0 Å². The molecule has 0 unspecified atom stereocenters. The van der Waals surface area contributed by atoms with E-state index in [-0.39, 0.29) is 11.7 Å². The van der Waals surface area contributed by atoms with Crippen LogP contribution in [0.15, 0.2) is 57.4 Å². The van der Waals surface area contributed by atoms with Gasteiger partial charge in [0.15, 0.2) is 0 Å². The number of nitrogens with one attached hydrogen (secondary N) is 4. The van der Waals surface area contributed by atoms with Crippen LogP contribution in [0.4, 0.5) is 0 Å². The second-order valence-electron chi connectivity index (χ2n) is 7.15. The van der Waals surface area contributed by atoms with E-state index in [1.807, 2.05) is 48.5 Å². The monoisotopic (exact) mass is 420 g/mol. The number of fused-ring (bicyclic) bond motifs is 2. The van der Waals surface area contributed by atoms with E-state index in [9.17, 15) is 0 Å². The fraction of sp³-hybridized carbons (Fsp3) is 0.217. The molecule has 31 heavy (non-hydrogen) atoms. The molecule has 2 aromatic heterocycles. The average Bonchev–Trinajstić information content (AvgIpc) is 3.35. The molecule has 0 saturated heterocycles. The van der Waals surface area contributed by atoms with Crippen molar-refractivity contribution in [2.45, 2.75) is 19.3 Å². The first-order valence-electron chi connectivity index (χ1n) is 9.88. The summed E-state index contributed by atoms with van der Waals surface area (Å²) in [7, 11) is 2.96. The predicted octanol–water partition coefficient (Wildman–Crippen LogP) is 4.31.